The minimum Gasteiger partial charge on any atom is -0.361 e. The second-order valence-corrected chi connectivity index (χ2v) is 13.0. The zero-order chi connectivity index (χ0) is 33.5. The molecular weight excluding hydrogens is 554 g/mol. The zero-order valence-electron chi connectivity index (χ0n) is 29.4. The lowest BCUT2D eigenvalue weighted by Crippen LogP contribution is -2.37. The number of anilines is 2. The predicted molar refractivity (Wildman–Crippen MR) is 191 cm³/mol. The number of amidine groups is 1. The Hall–Kier alpha value is -4.05. The van der Waals surface area contributed by atoms with Crippen LogP contribution < -0.4 is 10.6 Å². The number of allylic oxidation sites excluding steroid dienone is 2. The summed E-state index contributed by atoms with van der Waals surface area (Å²) in [4.78, 5) is 5.23. The molecule has 3 N–H and O–H groups in total. The normalized spacial score (nSPS) is 17.4. The average molecular weight is 608 g/mol. The lowest BCUT2D eigenvalue weighted by molar-refractivity contribution is 0.586. The van der Waals surface area contributed by atoms with Crippen molar-refractivity contribution >= 4 is 22.9 Å². The highest BCUT2D eigenvalue weighted by Crippen LogP contribution is 2.31. The first kappa shape index (κ1) is 35.4. The molecule has 0 bridgehead atoms. The summed E-state index contributed by atoms with van der Waals surface area (Å²) in [6.07, 6.45) is 5.77. The number of nitrogens with zero attached hydrogens (tertiary/aromatic N) is 4. The molecule has 2 aromatic carbocycles. The highest BCUT2D eigenvalue weighted by molar-refractivity contribution is 6.06. The number of aliphatic imine (C=N–C) groups is 1. The molecule has 7 nitrogen and oxygen atoms in total. The molecule has 0 aliphatic carbocycles. The number of nitrogens with one attached hydrogen (secondary N) is 3. The maximum Gasteiger partial charge on any atom is 0.149 e. The van der Waals surface area contributed by atoms with Crippen LogP contribution in [0.4, 0.5) is 11.4 Å². The van der Waals surface area contributed by atoms with Gasteiger partial charge >= 0.3 is 0 Å². The first-order chi connectivity index (χ1) is 21.3. The largest absolute Gasteiger partial charge is 0.361 e. The third-order valence-corrected chi connectivity index (χ3v) is 8.41. The molecule has 0 spiro atoms. The van der Waals surface area contributed by atoms with Crippen molar-refractivity contribution in [3.63, 3.8) is 0 Å². The van der Waals surface area contributed by atoms with E-state index in [-0.39, 0.29) is 5.71 Å². The Labute approximate surface area is 271 Å². The summed E-state index contributed by atoms with van der Waals surface area (Å²) in [6.45, 7) is 22.9. The van der Waals surface area contributed by atoms with Crippen LogP contribution in [0, 0.1) is 36.0 Å². The lowest BCUT2D eigenvalue weighted by atomic mass is 9.85. The summed E-state index contributed by atoms with van der Waals surface area (Å²) in [6, 6.07) is 10.8. The second-order valence-electron chi connectivity index (χ2n) is 13.0. The SMILES string of the molecule is CC/C(N=NC1C(C)=CC(Nc2c(CC)cc(C)cc2CC)=NC1Nc1c(CC)cc(C)cc1CC)=C(/C#N)C(=N)C(C)(C)C. The fourth-order valence-corrected chi connectivity index (χ4v) is 5.83. The third kappa shape index (κ3) is 8.36. The van der Waals surface area contributed by atoms with Crippen LogP contribution in [0.3, 0.4) is 0 Å². The number of rotatable bonds is 11. The second kappa shape index (κ2) is 15.3. The molecule has 0 amide bonds. The number of dihydropyridines is 1. The molecular formula is C38H53N7. The van der Waals surface area contributed by atoms with Gasteiger partial charge in [0.1, 0.15) is 24.1 Å². The van der Waals surface area contributed by atoms with Gasteiger partial charge in [-0.05, 0) is 86.8 Å². The molecule has 2 aromatic rings. The van der Waals surface area contributed by atoms with Gasteiger partial charge in [0.2, 0.25) is 0 Å². The summed E-state index contributed by atoms with van der Waals surface area (Å²) in [5.41, 5.74) is 11.4. The highest BCUT2D eigenvalue weighted by atomic mass is 15.2. The van der Waals surface area contributed by atoms with E-state index in [1.165, 1.54) is 33.4 Å². The van der Waals surface area contributed by atoms with Crippen molar-refractivity contribution in [3.05, 3.63) is 80.6 Å². The Bertz CT molecular complexity index is 1520. The molecule has 2 unspecified atom stereocenters. The third-order valence-electron chi connectivity index (χ3n) is 8.41. The number of benzene rings is 2. The Morgan fingerprint density at radius 1 is 0.867 bits per heavy atom. The van der Waals surface area contributed by atoms with E-state index in [0.717, 1.165) is 48.5 Å². The fourth-order valence-electron chi connectivity index (χ4n) is 5.83. The van der Waals surface area contributed by atoms with Gasteiger partial charge < -0.3 is 16.0 Å². The number of nitriles is 1. The maximum absolute atomic E-state index is 10.0. The lowest BCUT2D eigenvalue weighted by Gasteiger charge is -2.30. The molecule has 1 heterocycles. The summed E-state index contributed by atoms with van der Waals surface area (Å²) in [5.74, 6) is 0.784. The zero-order valence-corrected chi connectivity index (χ0v) is 29.4. The van der Waals surface area contributed by atoms with Gasteiger partial charge in [0, 0.05) is 16.8 Å². The molecule has 0 saturated carbocycles. The van der Waals surface area contributed by atoms with Crippen molar-refractivity contribution < 1.29 is 0 Å². The van der Waals surface area contributed by atoms with Crippen LogP contribution in [-0.4, -0.2) is 23.8 Å². The number of hydrogen-bond acceptors (Lipinski definition) is 7. The van der Waals surface area contributed by atoms with Gasteiger partial charge in [-0.2, -0.15) is 15.5 Å². The van der Waals surface area contributed by atoms with E-state index < -0.39 is 17.6 Å². The van der Waals surface area contributed by atoms with Gasteiger partial charge in [-0.1, -0.05) is 90.8 Å². The van der Waals surface area contributed by atoms with Crippen molar-refractivity contribution in [2.45, 2.75) is 120 Å². The van der Waals surface area contributed by atoms with Gasteiger partial charge in [-0.3, -0.25) is 0 Å². The molecule has 240 valence electrons. The van der Waals surface area contributed by atoms with Crippen LogP contribution in [0.2, 0.25) is 0 Å². The maximum atomic E-state index is 10.0. The van der Waals surface area contributed by atoms with Crippen molar-refractivity contribution in [1.82, 2.24) is 0 Å². The van der Waals surface area contributed by atoms with Gasteiger partial charge in [0.15, 0.2) is 0 Å². The molecule has 1 aliphatic rings. The Balaban J connectivity index is 2.17. The average Bonchev–Trinajstić information content (AvgIpc) is 3.00. The van der Waals surface area contributed by atoms with E-state index in [4.69, 9.17) is 15.5 Å². The van der Waals surface area contributed by atoms with Gasteiger partial charge in [-0.15, -0.1) is 0 Å². The van der Waals surface area contributed by atoms with E-state index in [9.17, 15) is 5.26 Å². The monoisotopic (exact) mass is 607 g/mol. The summed E-state index contributed by atoms with van der Waals surface area (Å²) >= 11 is 0. The van der Waals surface area contributed by atoms with Crippen LogP contribution in [0.5, 0.6) is 0 Å². The van der Waals surface area contributed by atoms with Crippen LogP contribution in [-0.2, 0) is 25.7 Å². The summed E-state index contributed by atoms with van der Waals surface area (Å²) in [7, 11) is 0. The Kier molecular flexibility index (Phi) is 12.0. The molecule has 45 heavy (non-hydrogen) atoms. The summed E-state index contributed by atoms with van der Waals surface area (Å²) < 4.78 is 0. The van der Waals surface area contributed by atoms with Crippen LogP contribution in [0.15, 0.2) is 62.4 Å². The van der Waals surface area contributed by atoms with Crippen LogP contribution in [0.1, 0.15) is 102 Å². The summed E-state index contributed by atoms with van der Waals surface area (Å²) in [5, 5.41) is 35.7. The van der Waals surface area contributed by atoms with E-state index in [2.05, 4.69) is 101 Å². The van der Waals surface area contributed by atoms with Crippen LogP contribution >= 0.6 is 0 Å². The van der Waals surface area contributed by atoms with E-state index in [1.54, 1.807) is 0 Å². The number of aryl methyl sites for hydroxylation is 6. The first-order valence-corrected chi connectivity index (χ1v) is 16.5. The molecule has 2 atom stereocenters. The minimum atomic E-state index is -0.472. The number of azo groups is 1. The van der Waals surface area contributed by atoms with Crippen molar-refractivity contribution in [2.24, 2.45) is 20.6 Å². The molecule has 3 rings (SSSR count). The van der Waals surface area contributed by atoms with Gasteiger partial charge in [0.05, 0.1) is 17.0 Å². The van der Waals surface area contributed by atoms with Gasteiger partial charge in [-0.25, -0.2) is 4.99 Å². The van der Waals surface area contributed by atoms with Gasteiger partial charge in [0.25, 0.3) is 0 Å². The molecule has 1 aliphatic heterocycles. The van der Waals surface area contributed by atoms with Crippen molar-refractivity contribution in [1.29, 1.82) is 10.7 Å². The standard InChI is InChI=1S/C38H53N7/c1-12-26-17-23(6)18-27(13-2)34(26)41-32-21-25(8)33(45-44-31(16-5)30(22-39)36(40)38(9,10)11)37(42-32)43-35-28(14-3)19-24(7)20-29(35)15-4/h17-21,33,37,40,43H,12-16H2,1-11H3,(H,41,42)/b31-30+,40-36?,45-44?. The highest BCUT2D eigenvalue weighted by Gasteiger charge is 2.30. The first-order valence-electron chi connectivity index (χ1n) is 16.5. The van der Waals surface area contributed by atoms with Crippen molar-refractivity contribution in [3.8, 4) is 6.07 Å². The quantitative estimate of drug-likeness (QED) is 0.134. The van der Waals surface area contributed by atoms with Crippen LogP contribution in [0.25, 0.3) is 0 Å². The van der Waals surface area contributed by atoms with E-state index >= 15 is 0 Å². The predicted octanol–water partition coefficient (Wildman–Crippen LogP) is 9.84. The minimum absolute atomic E-state index is 0.271. The Morgan fingerprint density at radius 3 is 1.78 bits per heavy atom. The molecule has 7 heteroatoms. The molecule has 0 fully saturated rings. The molecule has 0 radical (unpaired) electrons. The molecule has 0 aromatic heterocycles. The smallest absolute Gasteiger partial charge is 0.149 e. The molecule has 0 saturated heterocycles. The van der Waals surface area contributed by atoms with Crippen molar-refractivity contribution in [2.75, 3.05) is 10.6 Å². The number of hydrogen-bond donors (Lipinski definition) is 3. The van der Waals surface area contributed by atoms with E-state index in [0.29, 0.717) is 17.7 Å². The van der Waals surface area contributed by atoms with E-state index in [1.807, 2.05) is 27.7 Å². The topological polar surface area (TPSA) is 109 Å². The Morgan fingerprint density at radius 2 is 1.36 bits per heavy atom. The fraction of sp³-hybridized carbons (Fsp3) is 0.500.